The molecule has 0 saturated carbocycles. The van der Waals surface area contributed by atoms with Gasteiger partial charge in [-0.1, -0.05) is 24.3 Å². The van der Waals surface area contributed by atoms with Gasteiger partial charge in [0.05, 0.1) is 19.8 Å². The maximum atomic E-state index is 12.0. The van der Waals surface area contributed by atoms with Crippen LogP contribution >= 0.6 is 0 Å². The molecule has 0 aromatic heterocycles. The molecule has 0 spiro atoms. The molecule has 1 heterocycles. The van der Waals surface area contributed by atoms with Crippen LogP contribution in [0.3, 0.4) is 0 Å². The third-order valence-corrected chi connectivity index (χ3v) is 4.24. The van der Waals surface area contributed by atoms with Crippen LogP contribution in [0.15, 0.2) is 48.5 Å². The summed E-state index contributed by atoms with van der Waals surface area (Å²) < 4.78 is 11.1. The molecular weight excluding hydrogens is 316 g/mol. The highest BCUT2D eigenvalue weighted by atomic mass is 16.5. The lowest BCUT2D eigenvalue weighted by Gasteiger charge is -2.13. The third-order valence-electron chi connectivity index (χ3n) is 4.24. The van der Waals surface area contributed by atoms with Gasteiger partial charge in [0.25, 0.3) is 0 Å². The molecule has 2 aromatic rings. The minimum absolute atomic E-state index is 0.0355. The predicted molar refractivity (Wildman–Crippen MR) is 97.8 cm³/mol. The average molecular weight is 340 g/mol. The molecule has 1 fully saturated rings. The molecule has 3 rings (SSSR count). The molecule has 1 amide bonds. The van der Waals surface area contributed by atoms with Gasteiger partial charge in [0.2, 0.25) is 5.91 Å². The molecule has 5 nitrogen and oxygen atoms in total. The Labute approximate surface area is 148 Å². The van der Waals surface area contributed by atoms with Crippen LogP contribution in [0, 0.1) is 6.92 Å². The van der Waals surface area contributed by atoms with Gasteiger partial charge in [0, 0.05) is 18.7 Å². The number of hydrogen-bond donors (Lipinski definition) is 2. The van der Waals surface area contributed by atoms with E-state index < -0.39 is 0 Å². The van der Waals surface area contributed by atoms with Gasteiger partial charge in [0.15, 0.2) is 0 Å². The lowest BCUT2D eigenvalue weighted by Crippen LogP contribution is -2.29. The van der Waals surface area contributed by atoms with E-state index in [4.69, 9.17) is 9.47 Å². The Bertz CT molecular complexity index is 694. The Morgan fingerprint density at radius 2 is 2.00 bits per heavy atom. The van der Waals surface area contributed by atoms with Crippen LogP contribution in [0.1, 0.15) is 17.5 Å². The van der Waals surface area contributed by atoms with Crippen molar-refractivity contribution in [2.24, 2.45) is 0 Å². The molecule has 0 unspecified atom stereocenters. The number of carbonyl (C=O) groups excluding carboxylic acids is 1. The first kappa shape index (κ1) is 17.3. The topological polar surface area (TPSA) is 59.6 Å². The van der Waals surface area contributed by atoms with E-state index in [1.807, 2.05) is 55.5 Å². The van der Waals surface area contributed by atoms with Crippen LogP contribution in [-0.4, -0.2) is 31.8 Å². The van der Waals surface area contributed by atoms with E-state index in [1.165, 1.54) is 5.56 Å². The van der Waals surface area contributed by atoms with Gasteiger partial charge < -0.3 is 20.1 Å². The molecule has 0 aliphatic carbocycles. The fraction of sp³-hybridized carbons (Fsp3) is 0.350. The Hall–Kier alpha value is -2.53. The van der Waals surface area contributed by atoms with E-state index >= 15 is 0 Å². The van der Waals surface area contributed by atoms with Gasteiger partial charge in [0.1, 0.15) is 11.9 Å². The number of benzene rings is 2. The molecule has 0 radical (unpaired) electrons. The van der Waals surface area contributed by atoms with E-state index in [0.717, 1.165) is 30.0 Å². The number of nitrogens with one attached hydrogen (secondary N) is 2. The summed E-state index contributed by atoms with van der Waals surface area (Å²) in [5, 5.41) is 6.05. The molecule has 1 aliphatic heterocycles. The molecular formula is C20H24N2O3. The van der Waals surface area contributed by atoms with Gasteiger partial charge in [-0.2, -0.15) is 0 Å². The van der Waals surface area contributed by atoms with E-state index in [0.29, 0.717) is 13.2 Å². The van der Waals surface area contributed by atoms with Crippen LogP contribution in [0.2, 0.25) is 0 Å². The van der Waals surface area contributed by atoms with Crippen LogP contribution in [-0.2, 0) is 16.1 Å². The van der Waals surface area contributed by atoms with Crippen LogP contribution in [0.25, 0.3) is 0 Å². The average Bonchev–Trinajstić information content (AvgIpc) is 3.13. The number of anilines is 1. The van der Waals surface area contributed by atoms with E-state index in [-0.39, 0.29) is 18.6 Å². The van der Waals surface area contributed by atoms with Crippen molar-refractivity contribution >= 4 is 11.6 Å². The van der Waals surface area contributed by atoms with Gasteiger partial charge in [-0.15, -0.1) is 0 Å². The maximum absolute atomic E-state index is 12.0. The summed E-state index contributed by atoms with van der Waals surface area (Å²) in [5.74, 6) is 0.789. The summed E-state index contributed by atoms with van der Waals surface area (Å²) in [5.41, 5.74) is 3.20. The zero-order valence-electron chi connectivity index (χ0n) is 14.5. The minimum atomic E-state index is -0.0355. The highest BCUT2D eigenvalue weighted by Crippen LogP contribution is 2.19. The zero-order chi connectivity index (χ0) is 17.5. The van der Waals surface area contributed by atoms with Crippen molar-refractivity contribution < 1.29 is 14.3 Å². The first-order valence-corrected chi connectivity index (χ1v) is 8.60. The molecule has 0 bridgehead atoms. The van der Waals surface area contributed by atoms with Crippen molar-refractivity contribution in [1.29, 1.82) is 0 Å². The lowest BCUT2D eigenvalue weighted by molar-refractivity contribution is -0.119. The van der Waals surface area contributed by atoms with Crippen molar-refractivity contribution in [3.63, 3.8) is 0 Å². The Morgan fingerprint density at radius 1 is 1.20 bits per heavy atom. The summed E-state index contributed by atoms with van der Waals surface area (Å²) in [7, 11) is 0. The minimum Gasteiger partial charge on any atom is -0.488 e. The van der Waals surface area contributed by atoms with Crippen molar-refractivity contribution in [2.75, 3.05) is 25.1 Å². The smallest absolute Gasteiger partial charge is 0.239 e. The SMILES string of the molecule is Cc1ccccc1CNC(=O)CNc1ccc(O[C@H]2CCOC2)cc1. The normalized spacial score (nSPS) is 16.4. The first-order chi connectivity index (χ1) is 12.2. The van der Waals surface area contributed by atoms with Crippen LogP contribution in [0.4, 0.5) is 5.69 Å². The second-order valence-electron chi connectivity index (χ2n) is 6.18. The number of amides is 1. The molecule has 1 atom stereocenters. The number of carbonyl (C=O) groups is 1. The van der Waals surface area contributed by atoms with Crippen molar-refractivity contribution in [1.82, 2.24) is 5.32 Å². The molecule has 5 heteroatoms. The Morgan fingerprint density at radius 3 is 2.72 bits per heavy atom. The Kier molecular flexibility index (Phi) is 5.90. The van der Waals surface area contributed by atoms with Crippen molar-refractivity contribution in [2.45, 2.75) is 26.0 Å². The standard InChI is InChI=1S/C20H24N2O3/c1-15-4-2-3-5-16(15)12-22-20(23)13-21-17-6-8-18(9-7-17)25-19-10-11-24-14-19/h2-9,19,21H,10-14H2,1H3,(H,22,23)/t19-/m0/s1. The number of rotatable bonds is 7. The quantitative estimate of drug-likeness (QED) is 0.814. The predicted octanol–water partition coefficient (Wildman–Crippen LogP) is 2.89. The summed E-state index contributed by atoms with van der Waals surface area (Å²) in [6.07, 6.45) is 1.08. The van der Waals surface area contributed by atoms with Gasteiger partial charge in [-0.3, -0.25) is 4.79 Å². The van der Waals surface area contributed by atoms with E-state index in [2.05, 4.69) is 10.6 Å². The molecule has 2 N–H and O–H groups in total. The fourth-order valence-electron chi connectivity index (χ4n) is 2.70. The van der Waals surface area contributed by atoms with Gasteiger partial charge >= 0.3 is 0 Å². The van der Waals surface area contributed by atoms with Gasteiger partial charge in [-0.05, 0) is 42.3 Å². The fourth-order valence-corrected chi connectivity index (χ4v) is 2.70. The number of ether oxygens (including phenoxy) is 2. The zero-order valence-corrected chi connectivity index (χ0v) is 14.5. The highest BCUT2D eigenvalue weighted by molar-refractivity contribution is 5.80. The molecule has 1 aliphatic rings. The number of hydrogen-bond acceptors (Lipinski definition) is 4. The lowest BCUT2D eigenvalue weighted by atomic mass is 10.1. The van der Waals surface area contributed by atoms with Crippen molar-refractivity contribution in [3.05, 3.63) is 59.7 Å². The second kappa shape index (κ2) is 8.53. The molecule has 2 aromatic carbocycles. The van der Waals surface area contributed by atoms with E-state index in [1.54, 1.807) is 0 Å². The number of aryl methyl sites for hydroxylation is 1. The highest BCUT2D eigenvalue weighted by Gasteiger charge is 2.16. The summed E-state index contributed by atoms with van der Waals surface area (Å²) in [6, 6.07) is 15.7. The summed E-state index contributed by atoms with van der Waals surface area (Å²) >= 11 is 0. The summed E-state index contributed by atoms with van der Waals surface area (Å²) in [4.78, 5) is 12.0. The van der Waals surface area contributed by atoms with Gasteiger partial charge in [-0.25, -0.2) is 0 Å². The molecule has 1 saturated heterocycles. The third kappa shape index (κ3) is 5.22. The second-order valence-corrected chi connectivity index (χ2v) is 6.18. The first-order valence-electron chi connectivity index (χ1n) is 8.60. The van der Waals surface area contributed by atoms with Crippen LogP contribution < -0.4 is 15.4 Å². The summed E-state index contributed by atoms with van der Waals surface area (Å²) in [6.45, 7) is 4.25. The largest absolute Gasteiger partial charge is 0.488 e. The monoisotopic (exact) mass is 340 g/mol. The molecule has 132 valence electrons. The Balaban J connectivity index is 1.41. The van der Waals surface area contributed by atoms with Crippen molar-refractivity contribution in [3.8, 4) is 5.75 Å². The molecule has 25 heavy (non-hydrogen) atoms. The van der Waals surface area contributed by atoms with Crippen LogP contribution in [0.5, 0.6) is 5.75 Å². The van der Waals surface area contributed by atoms with E-state index in [9.17, 15) is 4.79 Å². The maximum Gasteiger partial charge on any atom is 0.239 e.